The number of benzene rings is 1. The lowest BCUT2D eigenvalue weighted by atomic mass is 10.2. The number of rotatable bonds is 4. The molecule has 23 heavy (non-hydrogen) atoms. The lowest BCUT2D eigenvalue weighted by molar-refractivity contribution is 0.191. The summed E-state index contributed by atoms with van der Waals surface area (Å²) >= 11 is 1.56. The van der Waals surface area contributed by atoms with Gasteiger partial charge in [-0.1, -0.05) is 24.3 Å². The molecule has 1 aliphatic heterocycles. The number of carbonyl (C=O) groups excluding carboxylic acids is 1. The number of anilines is 1. The molecule has 1 aliphatic rings. The molecule has 122 valence electrons. The summed E-state index contributed by atoms with van der Waals surface area (Å²) in [6, 6.07) is 12.5. The van der Waals surface area contributed by atoms with Gasteiger partial charge in [-0.05, 0) is 30.0 Å². The zero-order chi connectivity index (χ0) is 16.3. The van der Waals surface area contributed by atoms with Crippen LogP contribution >= 0.6 is 11.3 Å². The first-order valence-corrected chi connectivity index (χ1v) is 10.1. The summed E-state index contributed by atoms with van der Waals surface area (Å²) in [5.41, 5.74) is 0.703. The number of sulfone groups is 1. The molecule has 1 N–H and O–H groups in total. The van der Waals surface area contributed by atoms with Crippen LogP contribution in [0.4, 0.5) is 10.5 Å². The quantitative estimate of drug-likeness (QED) is 0.922. The van der Waals surface area contributed by atoms with Crippen molar-refractivity contribution in [3.05, 3.63) is 52.7 Å². The molecule has 1 unspecified atom stereocenters. The van der Waals surface area contributed by atoms with Crippen LogP contribution in [-0.4, -0.2) is 36.9 Å². The Labute approximate surface area is 139 Å². The van der Waals surface area contributed by atoms with Crippen LogP contribution in [-0.2, 0) is 16.4 Å². The monoisotopic (exact) mass is 350 g/mol. The van der Waals surface area contributed by atoms with E-state index in [-0.39, 0.29) is 23.6 Å². The van der Waals surface area contributed by atoms with Gasteiger partial charge in [-0.15, -0.1) is 11.3 Å². The first-order chi connectivity index (χ1) is 11.0. The molecule has 1 fully saturated rings. The second-order valence-electron chi connectivity index (χ2n) is 5.56. The van der Waals surface area contributed by atoms with Gasteiger partial charge in [0.1, 0.15) is 0 Å². The fourth-order valence-electron chi connectivity index (χ4n) is 2.68. The molecular formula is C16H18N2O3S2. The summed E-state index contributed by atoms with van der Waals surface area (Å²) in [4.78, 5) is 15.3. The molecule has 1 aromatic heterocycles. The SMILES string of the molecule is O=C(Nc1ccccc1)N(Cc1cccs1)C1CCS(=O)(=O)C1. The van der Waals surface area contributed by atoms with E-state index >= 15 is 0 Å². The Balaban J connectivity index is 1.78. The molecule has 2 heterocycles. The largest absolute Gasteiger partial charge is 0.322 e. The highest BCUT2D eigenvalue weighted by Crippen LogP contribution is 2.23. The summed E-state index contributed by atoms with van der Waals surface area (Å²) in [6.07, 6.45) is 0.496. The zero-order valence-corrected chi connectivity index (χ0v) is 14.1. The van der Waals surface area contributed by atoms with Crippen LogP contribution < -0.4 is 5.32 Å². The van der Waals surface area contributed by atoms with Crippen LogP contribution in [0.5, 0.6) is 0 Å². The molecule has 3 rings (SSSR count). The first kappa shape index (κ1) is 16.0. The molecule has 1 atom stereocenters. The normalized spacial score (nSPS) is 19.4. The number of nitrogens with one attached hydrogen (secondary N) is 1. The number of amides is 2. The van der Waals surface area contributed by atoms with E-state index in [4.69, 9.17) is 0 Å². The number of urea groups is 1. The Morgan fingerprint density at radius 1 is 1.22 bits per heavy atom. The number of hydrogen-bond acceptors (Lipinski definition) is 4. The van der Waals surface area contributed by atoms with Crippen molar-refractivity contribution < 1.29 is 13.2 Å². The summed E-state index contributed by atoms with van der Waals surface area (Å²) in [5.74, 6) is 0.192. The van der Waals surface area contributed by atoms with E-state index < -0.39 is 9.84 Å². The third kappa shape index (κ3) is 4.11. The summed E-state index contributed by atoms with van der Waals surface area (Å²) in [7, 11) is -3.04. The number of nitrogens with zero attached hydrogens (tertiary/aromatic N) is 1. The lowest BCUT2D eigenvalue weighted by Crippen LogP contribution is -2.42. The smallest absolute Gasteiger partial charge is 0.315 e. The highest BCUT2D eigenvalue weighted by atomic mass is 32.2. The van der Waals surface area contributed by atoms with E-state index in [0.717, 1.165) is 4.88 Å². The van der Waals surface area contributed by atoms with Gasteiger partial charge in [0.05, 0.1) is 18.1 Å². The maximum absolute atomic E-state index is 12.7. The predicted octanol–water partition coefficient (Wildman–Crippen LogP) is 2.97. The van der Waals surface area contributed by atoms with Crippen molar-refractivity contribution in [1.29, 1.82) is 0 Å². The summed E-state index contributed by atoms with van der Waals surface area (Å²) in [6.45, 7) is 0.427. The fourth-order valence-corrected chi connectivity index (χ4v) is 5.11. The van der Waals surface area contributed by atoms with E-state index in [1.165, 1.54) is 0 Å². The summed E-state index contributed by atoms with van der Waals surface area (Å²) < 4.78 is 23.5. The summed E-state index contributed by atoms with van der Waals surface area (Å²) in [5, 5.41) is 4.81. The molecule has 0 spiro atoms. The Morgan fingerprint density at radius 2 is 2.00 bits per heavy atom. The minimum atomic E-state index is -3.04. The molecular weight excluding hydrogens is 332 g/mol. The van der Waals surface area contributed by atoms with Crippen LogP contribution in [0, 0.1) is 0 Å². The van der Waals surface area contributed by atoms with Gasteiger partial charge in [-0.3, -0.25) is 0 Å². The van der Waals surface area contributed by atoms with Gasteiger partial charge < -0.3 is 10.2 Å². The van der Waals surface area contributed by atoms with Gasteiger partial charge >= 0.3 is 6.03 Å². The third-order valence-electron chi connectivity index (χ3n) is 3.84. The second kappa shape index (κ2) is 6.72. The minimum Gasteiger partial charge on any atom is -0.315 e. The van der Waals surface area contributed by atoms with Gasteiger partial charge in [-0.2, -0.15) is 0 Å². The Kier molecular flexibility index (Phi) is 4.68. The van der Waals surface area contributed by atoms with Gasteiger partial charge in [0.15, 0.2) is 9.84 Å². The van der Waals surface area contributed by atoms with Crippen molar-refractivity contribution in [2.45, 2.75) is 19.0 Å². The van der Waals surface area contributed by atoms with Gasteiger partial charge in [0.25, 0.3) is 0 Å². The number of thiophene rings is 1. The molecule has 2 aromatic rings. The molecule has 0 radical (unpaired) electrons. The molecule has 0 saturated carbocycles. The number of para-hydroxylation sites is 1. The van der Waals surface area contributed by atoms with Crippen LogP contribution in [0.15, 0.2) is 47.8 Å². The van der Waals surface area contributed by atoms with Crippen LogP contribution in [0.1, 0.15) is 11.3 Å². The minimum absolute atomic E-state index is 0.0422. The van der Waals surface area contributed by atoms with Gasteiger partial charge in [0.2, 0.25) is 0 Å². The highest BCUT2D eigenvalue weighted by molar-refractivity contribution is 7.91. The van der Waals surface area contributed by atoms with Crippen molar-refractivity contribution in [2.75, 3.05) is 16.8 Å². The topological polar surface area (TPSA) is 66.5 Å². The van der Waals surface area contributed by atoms with Crippen molar-refractivity contribution in [2.24, 2.45) is 0 Å². The lowest BCUT2D eigenvalue weighted by Gasteiger charge is -2.28. The van der Waals surface area contributed by atoms with Gasteiger partial charge in [-0.25, -0.2) is 13.2 Å². The standard InChI is InChI=1S/C16H18N2O3S2/c19-16(17-13-5-2-1-3-6-13)18(11-15-7-4-9-22-15)14-8-10-23(20,21)12-14/h1-7,9,14H,8,10-12H2,(H,17,19). The number of carbonyl (C=O) groups is 1. The maximum Gasteiger partial charge on any atom is 0.322 e. The molecule has 0 aliphatic carbocycles. The number of hydrogen-bond donors (Lipinski definition) is 1. The van der Waals surface area contributed by atoms with Crippen molar-refractivity contribution >= 4 is 32.9 Å². The van der Waals surface area contributed by atoms with Crippen LogP contribution in [0.3, 0.4) is 0 Å². The molecule has 2 amide bonds. The van der Waals surface area contributed by atoms with E-state index in [2.05, 4.69) is 5.32 Å². The Bertz CT molecular complexity index is 758. The van der Waals surface area contributed by atoms with Gasteiger partial charge in [0, 0.05) is 16.6 Å². The average molecular weight is 350 g/mol. The zero-order valence-electron chi connectivity index (χ0n) is 12.5. The molecule has 7 heteroatoms. The molecule has 1 aromatic carbocycles. The van der Waals surface area contributed by atoms with Crippen molar-refractivity contribution in [1.82, 2.24) is 4.90 Å². The van der Waals surface area contributed by atoms with E-state index in [1.54, 1.807) is 16.2 Å². The van der Waals surface area contributed by atoms with E-state index in [9.17, 15) is 13.2 Å². The van der Waals surface area contributed by atoms with Crippen molar-refractivity contribution in [3.8, 4) is 0 Å². The average Bonchev–Trinajstić information content (AvgIpc) is 3.15. The first-order valence-electron chi connectivity index (χ1n) is 7.39. The van der Waals surface area contributed by atoms with E-state index in [1.807, 2.05) is 47.8 Å². The van der Waals surface area contributed by atoms with Crippen LogP contribution in [0.25, 0.3) is 0 Å². The maximum atomic E-state index is 12.7. The Hall–Kier alpha value is -1.86. The fraction of sp³-hybridized carbons (Fsp3) is 0.312. The molecule has 0 bridgehead atoms. The second-order valence-corrected chi connectivity index (χ2v) is 8.82. The van der Waals surface area contributed by atoms with Crippen molar-refractivity contribution in [3.63, 3.8) is 0 Å². The molecule has 1 saturated heterocycles. The predicted molar refractivity (Wildman–Crippen MR) is 92.4 cm³/mol. The highest BCUT2D eigenvalue weighted by Gasteiger charge is 2.34. The molecule has 5 nitrogen and oxygen atoms in total. The van der Waals surface area contributed by atoms with E-state index in [0.29, 0.717) is 18.7 Å². The Morgan fingerprint density at radius 3 is 2.61 bits per heavy atom. The third-order valence-corrected chi connectivity index (χ3v) is 6.45. The van der Waals surface area contributed by atoms with Crippen LogP contribution in [0.2, 0.25) is 0 Å².